The minimum atomic E-state index is -0.700. The standard InChI is InChI=1S/C18H25NO4/c1-22-15-9-4-3-7-13(15)16-14-8-5-6-10-18(14,21)11-12-19(16)17(20)23-2/h3-4,7,9,14,16,21H,5-6,8,10-12H2,1-2H3/t14-,16-,18+/m0/s1. The number of hydrogen-bond donors (Lipinski definition) is 1. The van der Waals surface area contributed by atoms with Gasteiger partial charge in [0.25, 0.3) is 0 Å². The molecule has 1 N–H and O–H groups in total. The highest BCUT2D eigenvalue weighted by Gasteiger charge is 2.51. The maximum absolute atomic E-state index is 12.3. The van der Waals surface area contributed by atoms with Crippen LogP contribution in [0.25, 0.3) is 0 Å². The van der Waals surface area contributed by atoms with Crippen molar-refractivity contribution in [2.75, 3.05) is 20.8 Å². The molecule has 0 radical (unpaired) electrons. The second-order valence-electron chi connectivity index (χ2n) is 6.56. The van der Waals surface area contributed by atoms with Crippen molar-refractivity contribution in [1.29, 1.82) is 0 Å². The summed E-state index contributed by atoms with van der Waals surface area (Å²) in [4.78, 5) is 14.1. The van der Waals surface area contributed by atoms with Gasteiger partial charge in [-0.05, 0) is 25.3 Å². The summed E-state index contributed by atoms with van der Waals surface area (Å²) in [6.45, 7) is 0.502. The molecule has 1 heterocycles. The van der Waals surface area contributed by atoms with E-state index in [0.717, 1.165) is 37.0 Å². The summed E-state index contributed by atoms with van der Waals surface area (Å²) in [5.41, 5.74) is 0.249. The van der Waals surface area contributed by atoms with Crippen LogP contribution in [0, 0.1) is 5.92 Å². The van der Waals surface area contributed by atoms with Crippen molar-refractivity contribution in [2.45, 2.75) is 43.7 Å². The molecule has 0 bridgehead atoms. The topological polar surface area (TPSA) is 59.0 Å². The van der Waals surface area contributed by atoms with Crippen LogP contribution >= 0.6 is 0 Å². The van der Waals surface area contributed by atoms with Crippen molar-refractivity contribution >= 4 is 6.09 Å². The molecule has 1 aromatic carbocycles. The largest absolute Gasteiger partial charge is 0.496 e. The van der Waals surface area contributed by atoms with Crippen molar-refractivity contribution in [3.63, 3.8) is 0 Å². The van der Waals surface area contributed by atoms with Crippen LogP contribution in [-0.2, 0) is 4.74 Å². The Morgan fingerprint density at radius 3 is 2.78 bits per heavy atom. The van der Waals surface area contributed by atoms with E-state index in [1.54, 1.807) is 12.0 Å². The fourth-order valence-corrected chi connectivity index (χ4v) is 4.30. The minimum absolute atomic E-state index is 0.0143. The van der Waals surface area contributed by atoms with Crippen molar-refractivity contribution < 1.29 is 19.4 Å². The highest BCUT2D eigenvalue weighted by atomic mass is 16.5. The minimum Gasteiger partial charge on any atom is -0.496 e. The molecule has 3 rings (SSSR count). The summed E-state index contributed by atoms with van der Waals surface area (Å²) in [6.07, 6.45) is 4.11. The van der Waals surface area contributed by atoms with Crippen molar-refractivity contribution in [2.24, 2.45) is 5.92 Å². The fraction of sp³-hybridized carbons (Fsp3) is 0.611. The number of aliphatic hydroxyl groups is 1. The number of ether oxygens (including phenoxy) is 2. The normalized spacial score (nSPS) is 30.5. The molecule has 0 aromatic heterocycles. The van der Waals surface area contributed by atoms with Crippen LogP contribution in [0.4, 0.5) is 4.79 Å². The van der Waals surface area contributed by atoms with Gasteiger partial charge in [-0.1, -0.05) is 31.0 Å². The highest BCUT2D eigenvalue weighted by Crippen LogP contribution is 2.50. The number of benzene rings is 1. The molecule has 1 aromatic rings. The zero-order chi connectivity index (χ0) is 16.4. The quantitative estimate of drug-likeness (QED) is 0.910. The van der Waals surface area contributed by atoms with E-state index in [0.29, 0.717) is 13.0 Å². The number of likely N-dealkylation sites (tertiary alicyclic amines) is 1. The monoisotopic (exact) mass is 319 g/mol. The maximum Gasteiger partial charge on any atom is 0.410 e. The lowest BCUT2D eigenvalue weighted by atomic mass is 9.66. The lowest BCUT2D eigenvalue weighted by Gasteiger charge is -2.52. The molecular weight excluding hydrogens is 294 g/mol. The molecule has 126 valence electrons. The molecule has 1 amide bonds. The van der Waals surface area contributed by atoms with Gasteiger partial charge in [-0.2, -0.15) is 0 Å². The summed E-state index contributed by atoms with van der Waals surface area (Å²) in [7, 11) is 3.04. The molecule has 2 fully saturated rings. The van der Waals surface area contributed by atoms with E-state index in [1.807, 2.05) is 24.3 Å². The molecule has 1 aliphatic carbocycles. The molecular formula is C18H25NO4. The van der Waals surface area contributed by atoms with Gasteiger partial charge in [-0.15, -0.1) is 0 Å². The smallest absolute Gasteiger partial charge is 0.410 e. The van der Waals surface area contributed by atoms with Gasteiger partial charge in [0.2, 0.25) is 0 Å². The second kappa shape index (κ2) is 6.40. The van der Waals surface area contributed by atoms with Gasteiger partial charge in [0.15, 0.2) is 0 Å². The SMILES string of the molecule is COC(=O)N1CC[C@]2(O)CCCC[C@H]2[C@@H]1c1ccccc1OC. The first-order chi connectivity index (χ1) is 11.1. The van der Waals surface area contributed by atoms with Gasteiger partial charge in [0, 0.05) is 18.0 Å². The van der Waals surface area contributed by atoms with E-state index < -0.39 is 5.60 Å². The summed E-state index contributed by atoms with van der Waals surface area (Å²) in [5, 5.41) is 11.1. The van der Waals surface area contributed by atoms with Gasteiger partial charge >= 0.3 is 6.09 Å². The summed E-state index contributed by atoms with van der Waals surface area (Å²) < 4.78 is 10.5. The Bertz CT molecular complexity index is 576. The number of rotatable bonds is 2. The Morgan fingerprint density at radius 1 is 1.26 bits per heavy atom. The Kier molecular flexibility index (Phi) is 4.48. The van der Waals surface area contributed by atoms with Crippen LogP contribution < -0.4 is 4.74 Å². The van der Waals surface area contributed by atoms with Crippen LogP contribution in [0.2, 0.25) is 0 Å². The Balaban J connectivity index is 2.06. The van der Waals surface area contributed by atoms with E-state index >= 15 is 0 Å². The van der Waals surface area contributed by atoms with Gasteiger partial charge in [-0.25, -0.2) is 4.79 Å². The van der Waals surface area contributed by atoms with Crippen molar-refractivity contribution in [3.05, 3.63) is 29.8 Å². The molecule has 5 nitrogen and oxygen atoms in total. The molecule has 23 heavy (non-hydrogen) atoms. The lowest BCUT2D eigenvalue weighted by molar-refractivity contribution is -0.118. The molecule has 1 saturated heterocycles. The van der Waals surface area contributed by atoms with Gasteiger partial charge in [0.05, 0.1) is 25.9 Å². The van der Waals surface area contributed by atoms with Crippen molar-refractivity contribution in [1.82, 2.24) is 4.90 Å². The van der Waals surface area contributed by atoms with E-state index in [1.165, 1.54) is 7.11 Å². The first-order valence-electron chi connectivity index (χ1n) is 8.30. The first kappa shape index (κ1) is 16.1. The van der Waals surface area contributed by atoms with Crippen LogP contribution in [0.15, 0.2) is 24.3 Å². The molecule has 1 aliphatic heterocycles. The van der Waals surface area contributed by atoms with E-state index in [2.05, 4.69) is 0 Å². The number of piperidine rings is 1. The first-order valence-corrected chi connectivity index (χ1v) is 8.30. The number of nitrogens with zero attached hydrogens (tertiary/aromatic N) is 1. The average Bonchev–Trinajstić information content (AvgIpc) is 2.59. The molecule has 3 atom stereocenters. The molecule has 1 saturated carbocycles. The maximum atomic E-state index is 12.3. The third-order valence-corrected chi connectivity index (χ3v) is 5.43. The number of carbonyl (C=O) groups excluding carboxylic acids is 1. The molecule has 0 spiro atoms. The summed E-state index contributed by atoms with van der Waals surface area (Å²) >= 11 is 0. The zero-order valence-electron chi connectivity index (χ0n) is 13.8. The Labute approximate surface area is 137 Å². The van der Waals surface area contributed by atoms with Crippen LogP contribution in [0.3, 0.4) is 0 Å². The van der Waals surface area contributed by atoms with Crippen LogP contribution in [-0.4, -0.2) is 42.5 Å². The predicted octanol–water partition coefficient (Wildman–Crippen LogP) is 3.13. The summed E-state index contributed by atoms with van der Waals surface area (Å²) in [6, 6.07) is 7.55. The average molecular weight is 319 g/mol. The third kappa shape index (κ3) is 2.78. The Hall–Kier alpha value is -1.75. The van der Waals surface area contributed by atoms with E-state index in [-0.39, 0.29) is 18.1 Å². The zero-order valence-corrected chi connectivity index (χ0v) is 13.8. The predicted molar refractivity (Wildman–Crippen MR) is 86.4 cm³/mol. The number of carbonyl (C=O) groups is 1. The number of hydrogen-bond acceptors (Lipinski definition) is 4. The van der Waals surface area contributed by atoms with Crippen molar-refractivity contribution in [3.8, 4) is 5.75 Å². The number of amides is 1. The molecule has 0 unspecified atom stereocenters. The Morgan fingerprint density at radius 2 is 2.04 bits per heavy atom. The molecule has 2 aliphatic rings. The second-order valence-corrected chi connectivity index (χ2v) is 6.56. The third-order valence-electron chi connectivity index (χ3n) is 5.43. The highest BCUT2D eigenvalue weighted by molar-refractivity contribution is 5.69. The molecule has 5 heteroatoms. The van der Waals surface area contributed by atoms with E-state index in [4.69, 9.17) is 9.47 Å². The van der Waals surface area contributed by atoms with Gasteiger partial charge in [-0.3, -0.25) is 0 Å². The fourth-order valence-electron chi connectivity index (χ4n) is 4.30. The van der Waals surface area contributed by atoms with Crippen LogP contribution in [0.5, 0.6) is 5.75 Å². The number of para-hydroxylation sites is 1. The number of fused-ring (bicyclic) bond motifs is 1. The van der Waals surface area contributed by atoms with E-state index in [9.17, 15) is 9.90 Å². The van der Waals surface area contributed by atoms with Gasteiger partial charge in [0.1, 0.15) is 5.75 Å². The van der Waals surface area contributed by atoms with Gasteiger partial charge < -0.3 is 19.5 Å². The lowest BCUT2D eigenvalue weighted by Crippen LogP contribution is -2.56. The summed E-state index contributed by atoms with van der Waals surface area (Å²) in [5.74, 6) is 0.765. The number of methoxy groups -OCH3 is 2. The van der Waals surface area contributed by atoms with Crippen LogP contribution in [0.1, 0.15) is 43.7 Å².